The fraction of sp³-hybridized carbons (Fsp3) is 0.308. The fourth-order valence-electron chi connectivity index (χ4n) is 1.44. The number of carbonyl (C=O) groups is 1. The number of hydrogen-bond donors (Lipinski definition) is 1. The van der Waals surface area contributed by atoms with Gasteiger partial charge < -0.3 is 9.73 Å². The minimum atomic E-state index is -0.255. The van der Waals surface area contributed by atoms with Gasteiger partial charge in [-0.3, -0.25) is 4.79 Å². The van der Waals surface area contributed by atoms with Gasteiger partial charge in [0.1, 0.15) is 5.76 Å². The molecule has 1 N–H and O–H groups in total. The van der Waals surface area contributed by atoms with Crippen molar-refractivity contribution < 1.29 is 9.21 Å². The van der Waals surface area contributed by atoms with Crippen LogP contribution in [-0.4, -0.2) is 16.1 Å². The molecule has 2 rings (SSSR count). The number of rotatable bonds is 4. The molecule has 0 spiro atoms. The van der Waals surface area contributed by atoms with E-state index in [-0.39, 0.29) is 5.91 Å². The van der Waals surface area contributed by atoms with E-state index < -0.39 is 0 Å². The van der Waals surface area contributed by atoms with Gasteiger partial charge in [-0.15, -0.1) is 5.10 Å². The molecular weight excluding hydrogens is 230 g/mol. The second-order valence-electron chi connectivity index (χ2n) is 4.26. The highest BCUT2D eigenvalue weighted by atomic mass is 16.3. The topological polar surface area (TPSA) is 68.0 Å². The van der Waals surface area contributed by atoms with E-state index in [4.69, 9.17) is 4.42 Å². The molecule has 5 nitrogen and oxygen atoms in total. The van der Waals surface area contributed by atoms with Crippen LogP contribution in [0.5, 0.6) is 0 Å². The molecule has 0 saturated carbocycles. The maximum absolute atomic E-state index is 11.8. The molecule has 2 heterocycles. The van der Waals surface area contributed by atoms with Crippen molar-refractivity contribution in [2.75, 3.05) is 0 Å². The van der Waals surface area contributed by atoms with Crippen molar-refractivity contribution in [2.45, 2.75) is 26.3 Å². The lowest BCUT2D eigenvalue weighted by molar-refractivity contribution is 0.0942. The summed E-state index contributed by atoms with van der Waals surface area (Å²) in [6.45, 7) is 4.40. The molecule has 1 amide bonds. The normalized spacial score (nSPS) is 10.6. The molecule has 0 saturated heterocycles. The SMILES string of the molecule is CC(C)c1ccc(C(=O)NCc2ccco2)nn1. The smallest absolute Gasteiger partial charge is 0.272 e. The monoisotopic (exact) mass is 245 g/mol. The first kappa shape index (κ1) is 12.3. The summed E-state index contributed by atoms with van der Waals surface area (Å²) in [7, 11) is 0. The summed E-state index contributed by atoms with van der Waals surface area (Å²) in [6.07, 6.45) is 1.57. The van der Waals surface area contributed by atoms with E-state index in [2.05, 4.69) is 15.5 Å². The minimum Gasteiger partial charge on any atom is -0.467 e. The number of aromatic nitrogens is 2. The van der Waals surface area contributed by atoms with Crippen LogP contribution in [0.2, 0.25) is 0 Å². The van der Waals surface area contributed by atoms with Crippen molar-refractivity contribution in [3.8, 4) is 0 Å². The Morgan fingerprint density at radius 1 is 1.33 bits per heavy atom. The standard InChI is InChI=1S/C13H15N3O2/c1-9(2)11-5-6-12(16-15-11)13(17)14-8-10-4-3-7-18-10/h3-7,9H,8H2,1-2H3,(H,14,17). The van der Waals surface area contributed by atoms with Crippen molar-refractivity contribution in [2.24, 2.45) is 0 Å². The molecule has 0 aromatic carbocycles. The maximum atomic E-state index is 11.8. The van der Waals surface area contributed by atoms with Crippen molar-refractivity contribution in [3.63, 3.8) is 0 Å². The first-order valence-electron chi connectivity index (χ1n) is 5.81. The summed E-state index contributed by atoms with van der Waals surface area (Å²) in [5, 5.41) is 10.6. The molecule has 0 bridgehead atoms. The Hall–Kier alpha value is -2.17. The van der Waals surface area contributed by atoms with Crippen molar-refractivity contribution in [1.82, 2.24) is 15.5 Å². The molecule has 2 aromatic heterocycles. The number of carbonyl (C=O) groups excluding carboxylic acids is 1. The van der Waals surface area contributed by atoms with E-state index in [1.807, 2.05) is 19.9 Å². The highest BCUT2D eigenvalue weighted by Crippen LogP contribution is 2.09. The molecule has 0 aliphatic carbocycles. The molecule has 0 radical (unpaired) electrons. The Balaban J connectivity index is 1.96. The van der Waals surface area contributed by atoms with Crippen LogP contribution in [0, 0.1) is 0 Å². The average Bonchev–Trinajstić information content (AvgIpc) is 2.89. The molecule has 0 aliphatic rings. The average molecular weight is 245 g/mol. The second kappa shape index (κ2) is 5.44. The molecule has 94 valence electrons. The van der Waals surface area contributed by atoms with Gasteiger partial charge in [0.2, 0.25) is 0 Å². The van der Waals surface area contributed by atoms with Crippen LogP contribution in [0.1, 0.15) is 41.7 Å². The van der Waals surface area contributed by atoms with Crippen LogP contribution in [0.3, 0.4) is 0 Å². The lowest BCUT2D eigenvalue weighted by Gasteiger charge is -2.05. The first-order valence-corrected chi connectivity index (χ1v) is 5.81. The Kier molecular flexibility index (Phi) is 3.72. The van der Waals surface area contributed by atoms with Gasteiger partial charge in [0.25, 0.3) is 5.91 Å². The molecule has 5 heteroatoms. The Labute approximate surface area is 105 Å². The van der Waals surface area contributed by atoms with Crippen molar-refractivity contribution in [1.29, 1.82) is 0 Å². The lowest BCUT2D eigenvalue weighted by Crippen LogP contribution is -2.24. The van der Waals surface area contributed by atoms with Gasteiger partial charge in [-0.05, 0) is 30.2 Å². The number of hydrogen-bond acceptors (Lipinski definition) is 4. The van der Waals surface area contributed by atoms with E-state index in [1.54, 1.807) is 24.5 Å². The molecule has 0 aliphatic heterocycles. The Bertz CT molecular complexity index is 504. The van der Waals surface area contributed by atoms with Crippen LogP contribution in [0.25, 0.3) is 0 Å². The molecule has 0 unspecified atom stereocenters. The maximum Gasteiger partial charge on any atom is 0.272 e. The number of furan rings is 1. The molecule has 18 heavy (non-hydrogen) atoms. The lowest BCUT2D eigenvalue weighted by atomic mass is 10.1. The van der Waals surface area contributed by atoms with Crippen LogP contribution in [0.4, 0.5) is 0 Å². The van der Waals surface area contributed by atoms with Crippen molar-refractivity contribution >= 4 is 5.91 Å². The molecular formula is C13H15N3O2. The van der Waals surface area contributed by atoms with Crippen LogP contribution in [0.15, 0.2) is 34.9 Å². The third-order valence-electron chi connectivity index (χ3n) is 2.51. The van der Waals surface area contributed by atoms with Gasteiger partial charge in [-0.25, -0.2) is 0 Å². The highest BCUT2D eigenvalue weighted by Gasteiger charge is 2.09. The third kappa shape index (κ3) is 2.94. The summed E-state index contributed by atoms with van der Waals surface area (Å²) in [4.78, 5) is 11.8. The highest BCUT2D eigenvalue weighted by molar-refractivity contribution is 5.91. The number of nitrogens with zero attached hydrogens (tertiary/aromatic N) is 2. The molecule has 0 atom stereocenters. The van der Waals surface area contributed by atoms with Crippen LogP contribution < -0.4 is 5.32 Å². The fourth-order valence-corrected chi connectivity index (χ4v) is 1.44. The van der Waals surface area contributed by atoms with E-state index >= 15 is 0 Å². The van der Waals surface area contributed by atoms with E-state index in [0.29, 0.717) is 23.9 Å². The zero-order valence-electron chi connectivity index (χ0n) is 10.4. The summed E-state index contributed by atoms with van der Waals surface area (Å²) >= 11 is 0. The summed E-state index contributed by atoms with van der Waals surface area (Å²) in [6, 6.07) is 7.08. The molecule has 2 aromatic rings. The molecule has 0 fully saturated rings. The van der Waals surface area contributed by atoms with Gasteiger partial charge in [-0.1, -0.05) is 13.8 Å². The third-order valence-corrected chi connectivity index (χ3v) is 2.51. The quantitative estimate of drug-likeness (QED) is 0.895. The summed E-state index contributed by atoms with van der Waals surface area (Å²) in [5.41, 5.74) is 1.18. The van der Waals surface area contributed by atoms with Gasteiger partial charge in [-0.2, -0.15) is 5.10 Å². The minimum absolute atomic E-state index is 0.255. The Morgan fingerprint density at radius 3 is 2.72 bits per heavy atom. The number of amides is 1. The zero-order valence-corrected chi connectivity index (χ0v) is 10.4. The second-order valence-corrected chi connectivity index (χ2v) is 4.26. The zero-order chi connectivity index (χ0) is 13.0. The Morgan fingerprint density at radius 2 is 2.17 bits per heavy atom. The van der Waals surface area contributed by atoms with E-state index in [1.165, 1.54) is 0 Å². The largest absolute Gasteiger partial charge is 0.467 e. The predicted octanol–water partition coefficient (Wildman–Crippen LogP) is 2.12. The first-order chi connectivity index (χ1) is 8.66. The summed E-state index contributed by atoms with van der Waals surface area (Å²) in [5.74, 6) is 0.752. The van der Waals surface area contributed by atoms with Crippen molar-refractivity contribution in [3.05, 3.63) is 47.7 Å². The van der Waals surface area contributed by atoms with Gasteiger partial charge >= 0.3 is 0 Å². The van der Waals surface area contributed by atoms with E-state index in [9.17, 15) is 4.79 Å². The number of nitrogens with one attached hydrogen (secondary N) is 1. The van der Waals surface area contributed by atoms with Gasteiger partial charge in [0, 0.05) is 0 Å². The van der Waals surface area contributed by atoms with Crippen LogP contribution >= 0.6 is 0 Å². The van der Waals surface area contributed by atoms with E-state index in [0.717, 1.165) is 5.69 Å². The van der Waals surface area contributed by atoms with Gasteiger partial charge in [0.05, 0.1) is 18.5 Å². The van der Waals surface area contributed by atoms with Crippen LogP contribution in [-0.2, 0) is 6.54 Å². The predicted molar refractivity (Wildman–Crippen MR) is 66.0 cm³/mol. The van der Waals surface area contributed by atoms with Gasteiger partial charge in [0.15, 0.2) is 5.69 Å². The summed E-state index contributed by atoms with van der Waals surface area (Å²) < 4.78 is 5.12.